The van der Waals surface area contributed by atoms with Gasteiger partial charge in [-0.3, -0.25) is 9.59 Å². The zero-order valence-electron chi connectivity index (χ0n) is 14.5. The van der Waals surface area contributed by atoms with Gasteiger partial charge in [-0.25, -0.2) is 4.39 Å². The molecule has 136 valence electrons. The Kier molecular flexibility index (Phi) is 5.06. The second kappa shape index (κ2) is 7.09. The van der Waals surface area contributed by atoms with E-state index >= 15 is 0 Å². The van der Waals surface area contributed by atoms with Crippen molar-refractivity contribution in [2.75, 3.05) is 38.8 Å². The van der Waals surface area contributed by atoms with Crippen LogP contribution in [0.4, 0.5) is 10.1 Å². The van der Waals surface area contributed by atoms with E-state index in [0.29, 0.717) is 44.6 Å². The SMILES string of the molecule is COCCC(=O)N1CCC2(CC1)C(OC)C(=O)N2c1cccc(F)c1. The third-order valence-electron chi connectivity index (χ3n) is 5.18. The van der Waals surface area contributed by atoms with E-state index in [2.05, 4.69) is 0 Å². The van der Waals surface area contributed by atoms with E-state index in [1.165, 1.54) is 19.2 Å². The van der Waals surface area contributed by atoms with Crippen molar-refractivity contribution in [3.63, 3.8) is 0 Å². The number of β-lactam (4-membered cyclic amide) rings is 1. The van der Waals surface area contributed by atoms with E-state index in [1.54, 1.807) is 29.0 Å². The van der Waals surface area contributed by atoms with Crippen LogP contribution in [0.25, 0.3) is 0 Å². The van der Waals surface area contributed by atoms with Crippen molar-refractivity contribution in [3.05, 3.63) is 30.1 Å². The summed E-state index contributed by atoms with van der Waals surface area (Å²) in [4.78, 5) is 28.1. The molecule has 0 N–H and O–H groups in total. The highest BCUT2D eigenvalue weighted by molar-refractivity contribution is 6.06. The van der Waals surface area contributed by atoms with Gasteiger partial charge >= 0.3 is 0 Å². The Bertz CT molecular complexity index is 658. The normalized spacial score (nSPS) is 22.2. The van der Waals surface area contributed by atoms with Crippen LogP contribution in [0.15, 0.2) is 24.3 Å². The molecule has 25 heavy (non-hydrogen) atoms. The third kappa shape index (κ3) is 3.02. The number of ether oxygens (including phenoxy) is 2. The molecule has 0 radical (unpaired) electrons. The van der Waals surface area contributed by atoms with Gasteiger partial charge in [-0.15, -0.1) is 0 Å². The molecule has 1 aromatic rings. The summed E-state index contributed by atoms with van der Waals surface area (Å²) in [6.07, 6.45) is 1.01. The van der Waals surface area contributed by atoms with Crippen molar-refractivity contribution in [1.82, 2.24) is 4.90 Å². The van der Waals surface area contributed by atoms with E-state index in [4.69, 9.17) is 9.47 Å². The minimum absolute atomic E-state index is 0.0497. The quantitative estimate of drug-likeness (QED) is 0.757. The van der Waals surface area contributed by atoms with Gasteiger partial charge in [0.1, 0.15) is 5.82 Å². The van der Waals surface area contributed by atoms with Crippen molar-refractivity contribution in [2.45, 2.75) is 30.9 Å². The molecule has 1 spiro atoms. The van der Waals surface area contributed by atoms with Crippen molar-refractivity contribution in [1.29, 1.82) is 0 Å². The summed E-state index contributed by atoms with van der Waals surface area (Å²) in [6, 6.07) is 6.03. The molecule has 2 fully saturated rings. The lowest BCUT2D eigenvalue weighted by Gasteiger charge is -2.59. The first-order valence-electron chi connectivity index (χ1n) is 8.42. The molecule has 2 saturated heterocycles. The molecule has 0 saturated carbocycles. The van der Waals surface area contributed by atoms with E-state index in [9.17, 15) is 14.0 Å². The van der Waals surface area contributed by atoms with Gasteiger partial charge in [-0.2, -0.15) is 0 Å². The highest BCUT2D eigenvalue weighted by Crippen LogP contribution is 2.45. The molecule has 0 aromatic heterocycles. The number of halogens is 1. The summed E-state index contributed by atoms with van der Waals surface area (Å²) in [6.45, 7) is 1.48. The van der Waals surface area contributed by atoms with Crippen LogP contribution in [0.5, 0.6) is 0 Å². The number of nitrogens with zero attached hydrogens (tertiary/aromatic N) is 2. The van der Waals surface area contributed by atoms with Crippen LogP contribution in [0.3, 0.4) is 0 Å². The van der Waals surface area contributed by atoms with Crippen molar-refractivity contribution >= 4 is 17.5 Å². The number of amides is 2. The number of hydrogen-bond acceptors (Lipinski definition) is 4. The highest BCUT2D eigenvalue weighted by atomic mass is 19.1. The zero-order valence-corrected chi connectivity index (χ0v) is 14.5. The average molecular weight is 350 g/mol. The number of hydrogen-bond donors (Lipinski definition) is 0. The van der Waals surface area contributed by atoms with Gasteiger partial charge in [-0.1, -0.05) is 6.07 Å². The lowest BCUT2D eigenvalue weighted by atomic mass is 9.72. The van der Waals surface area contributed by atoms with Gasteiger partial charge in [0.15, 0.2) is 6.10 Å². The summed E-state index contributed by atoms with van der Waals surface area (Å²) in [5, 5.41) is 0. The molecular formula is C18H23FN2O4. The Morgan fingerprint density at radius 3 is 2.64 bits per heavy atom. The van der Waals surface area contributed by atoms with Crippen LogP contribution >= 0.6 is 0 Å². The molecule has 3 rings (SSSR count). The average Bonchev–Trinajstić information content (AvgIpc) is 2.60. The standard InChI is InChI=1S/C18H23FN2O4/c1-24-11-6-15(22)20-9-7-18(8-10-20)16(25-2)17(23)21(18)14-5-3-4-13(19)12-14/h3-5,12,16H,6-11H2,1-2H3. The molecule has 1 aromatic carbocycles. The van der Waals surface area contributed by atoms with E-state index in [1.807, 2.05) is 0 Å². The van der Waals surface area contributed by atoms with E-state index in [0.717, 1.165) is 0 Å². The number of methoxy groups -OCH3 is 2. The second-order valence-electron chi connectivity index (χ2n) is 6.50. The highest BCUT2D eigenvalue weighted by Gasteiger charge is 2.62. The van der Waals surface area contributed by atoms with E-state index in [-0.39, 0.29) is 17.6 Å². The zero-order chi connectivity index (χ0) is 18.0. The van der Waals surface area contributed by atoms with E-state index < -0.39 is 11.6 Å². The topological polar surface area (TPSA) is 59.1 Å². The Morgan fingerprint density at radius 1 is 1.32 bits per heavy atom. The Morgan fingerprint density at radius 2 is 2.04 bits per heavy atom. The van der Waals surface area contributed by atoms with Crippen molar-refractivity contribution in [3.8, 4) is 0 Å². The fourth-order valence-corrected chi connectivity index (χ4v) is 3.91. The number of benzene rings is 1. The predicted molar refractivity (Wildman–Crippen MR) is 89.7 cm³/mol. The molecule has 1 atom stereocenters. The molecule has 2 heterocycles. The fraction of sp³-hybridized carbons (Fsp3) is 0.556. The maximum Gasteiger partial charge on any atom is 0.259 e. The summed E-state index contributed by atoms with van der Waals surface area (Å²) in [5.41, 5.74) is 0.0231. The van der Waals surface area contributed by atoms with Crippen LogP contribution in [-0.4, -0.2) is 62.3 Å². The molecule has 2 amide bonds. The molecule has 1 unspecified atom stereocenters. The number of likely N-dealkylation sites (tertiary alicyclic amines) is 1. The van der Waals surface area contributed by atoms with Gasteiger partial charge in [0.2, 0.25) is 5.91 Å². The Hall–Kier alpha value is -1.99. The predicted octanol–water partition coefficient (Wildman–Crippen LogP) is 1.58. The number of carbonyl (C=O) groups excluding carboxylic acids is 2. The minimum atomic E-state index is -0.549. The lowest BCUT2D eigenvalue weighted by Crippen LogP contribution is -2.78. The fourth-order valence-electron chi connectivity index (χ4n) is 3.91. The van der Waals surface area contributed by atoms with Crippen molar-refractivity contribution in [2.24, 2.45) is 0 Å². The van der Waals surface area contributed by atoms with Gasteiger partial charge < -0.3 is 19.3 Å². The largest absolute Gasteiger partial charge is 0.384 e. The molecule has 0 bridgehead atoms. The van der Waals surface area contributed by atoms with Crippen LogP contribution in [0.2, 0.25) is 0 Å². The maximum absolute atomic E-state index is 13.6. The summed E-state index contributed by atoms with van der Waals surface area (Å²) in [5.74, 6) is -0.491. The molecule has 6 nitrogen and oxygen atoms in total. The molecule has 2 aliphatic rings. The first-order valence-corrected chi connectivity index (χ1v) is 8.42. The first-order chi connectivity index (χ1) is 12.0. The van der Waals surface area contributed by atoms with Crippen LogP contribution < -0.4 is 4.90 Å². The van der Waals surface area contributed by atoms with Crippen molar-refractivity contribution < 1.29 is 23.5 Å². The number of carbonyl (C=O) groups is 2. The minimum Gasteiger partial charge on any atom is -0.384 e. The summed E-state index contributed by atoms with van der Waals surface area (Å²) < 4.78 is 24.0. The van der Waals surface area contributed by atoms with Gasteiger partial charge in [0.05, 0.1) is 18.6 Å². The second-order valence-corrected chi connectivity index (χ2v) is 6.50. The Labute approximate surface area is 146 Å². The Balaban J connectivity index is 1.77. The van der Waals surface area contributed by atoms with Crippen LogP contribution in [0.1, 0.15) is 19.3 Å². The van der Waals surface area contributed by atoms with Crippen LogP contribution in [-0.2, 0) is 19.1 Å². The molecule has 2 aliphatic heterocycles. The molecule has 7 heteroatoms. The smallest absolute Gasteiger partial charge is 0.259 e. The monoisotopic (exact) mass is 350 g/mol. The first kappa shape index (κ1) is 17.8. The summed E-state index contributed by atoms with van der Waals surface area (Å²) in [7, 11) is 3.09. The number of piperidine rings is 1. The van der Waals surface area contributed by atoms with Gasteiger partial charge in [0.25, 0.3) is 5.91 Å². The molecular weight excluding hydrogens is 327 g/mol. The van der Waals surface area contributed by atoms with Gasteiger partial charge in [-0.05, 0) is 31.0 Å². The molecule has 0 aliphatic carbocycles. The number of anilines is 1. The number of rotatable bonds is 5. The maximum atomic E-state index is 13.6. The van der Waals surface area contributed by atoms with Crippen LogP contribution in [0, 0.1) is 5.82 Å². The third-order valence-corrected chi connectivity index (χ3v) is 5.18. The van der Waals surface area contributed by atoms with Gasteiger partial charge in [0, 0.05) is 33.0 Å². The summed E-state index contributed by atoms with van der Waals surface area (Å²) >= 11 is 0. The lowest BCUT2D eigenvalue weighted by molar-refractivity contribution is -0.152.